The highest BCUT2D eigenvalue weighted by atomic mass is 16.5. The summed E-state index contributed by atoms with van der Waals surface area (Å²) in [6.07, 6.45) is 5.04. The summed E-state index contributed by atoms with van der Waals surface area (Å²) < 4.78 is 5.80. The minimum Gasteiger partial charge on any atom is -0.493 e. The Balaban J connectivity index is 1.85. The van der Waals surface area contributed by atoms with Crippen LogP contribution < -0.4 is 10.5 Å². The molecule has 5 heteroatoms. The number of fused-ring (bicyclic) bond motifs is 1. The van der Waals surface area contributed by atoms with Gasteiger partial charge in [-0.25, -0.2) is 4.98 Å². The van der Waals surface area contributed by atoms with Gasteiger partial charge in [-0.1, -0.05) is 6.07 Å². The van der Waals surface area contributed by atoms with Crippen molar-refractivity contribution in [2.24, 2.45) is 4.99 Å². The fourth-order valence-corrected chi connectivity index (χ4v) is 2.57. The molecule has 1 aromatic heterocycles. The highest BCUT2D eigenvalue weighted by Gasteiger charge is 2.10. The molecule has 2 heterocycles. The number of aliphatic imine (C=N–C) groups is 1. The van der Waals surface area contributed by atoms with Crippen molar-refractivity contribution in [3.63, 3.8) is 0 Å². The third kappa shape index (κ3) is 3.56. The molecule has 118 valence electrons. The van der Waals surface area contributed by atoms with E-state index in [9.17, 15) is 4.79 Å². The largest absolute Gasteiger partial charge is 0.493 e. The molecule has 23 heavy (non-hydrogen) atoms. The molecule has 0 bridgehead atoms. The summed E-state index contributed by atoms with van der Waals surface area (Å²) >= 11 is 0. The second-order valence-corrected chi connectivity index (χ2v) is 5.61. The molecular formula is C18H19N3O2. The van der Waals surface area contributed by atoms with Crippen LogP contribution in [0.1, 0.15) is 25.3 Å². The van der Waals surface area contributed by atoms with E-state index in [1.165, 1.54) is 5.57 Å². The summed E-state index contributed by atoms with van der Waals surface area (Å²) in [5.41, 5.74) is 8.96. The summed E-state index contributed by atoms with van der Waals surface area (Å²) in [5.74, 6) is 1.30. The molecule has 2 aromatic rings. The zero-order chi connectivity index (χ0) is 16.2. The molecule has 0 unspecified atom stereocenters. The van der Waals surface area contributed by atoms with Crippen molar-refractivity contribution in [2.45, 2.75) is 19.8 Å². The Morgan fingerprint density at radius 1 is 1.35 bits per heavy atom. The molecule has 1 aromatic carbocycles. The van der Waals surface area contributed by atoms with Crippen LogP contribution in [0.4, 0.5) is 5.82 Å². The number of nitrogen functional groups attached to an aromatic ring is 1. The van der Waals surface area contributed by atoms with Gasteiger partial charge < -0.3 is 15.3 Å². The molecule has 3 rings (SSSR count). The van der Waals surface area contributed by atoms with Crippen molar-refractivity contribution >= 4 is 34.3 Å². The van der Waals surface area contributed by atoms with Crippen molar-refractivity contribution in [2.75, 3.05) is 18.9 Å². The minimum absolute atomic E-state index is 0.171. The normalized spacial score (nSPS) is 13.3. The van der Waals surface area contributed by atoms with Gasteiger partial charge in [0.25, 0.3) is 0 Å². The third-order valence-corrected chi connectivity index (χ3v) is 3.74. The van der Waals surface area contributed by atoms with E-state index >= 15 is 0 Å². The lowest BCUT2D eigenvalue weighted by molar-refractivity contribution is -0.117. The molecule has 1 aliphatic heterocycles. The molecule has 0 radical (unpaired) electrons. The predicted octanol–water partition coefficient (Wildman–Crippen LogP) is 3.03. The van der Waals surface area contributed by atoms with Crippen LogP contribution in [0.25, 0.3) is 16.5 Å². The van der Waals surface area contributed by atoms with Crippen LogP contribution >= 0.6 is 0 Å². The van der Waals surface area contributed by atoms with Crippen LogP contribution in [0.15, 0.2) is 35.3 Å². The lowest BCUT2D eigenvalue weighted by Gasteiger charge is -2.11. The first-order valence-electron chi connectivity index (χ1n) is 7.65. The van der Waals surface area contributed by atoms with Crippen molar-refractivity contribution in [3.05, 3.63) is 35.9 Å². The molecule has 1 aliphatic rings. The zero-order valence-corrected chi connectivity index (χ0v) is 13.1. The Bertz CT molecular complexity index is 809. The molecule has 2 N–H and O–H groups in total. The molecule has 0 spiro atoms. The van der Waals surface area contributed by atoms with Crippen LogP contribution in [0.2, 0.25) is 0 Å². The summed E-state index contributed by atoms with van der Waals surface area (Å²) in [5, 5.41) is 0.922. The second kappa shape index (κ2) is 6.60. The number of ketones is 1. The third-order valence-electron chi connectivity index (χ3n) is 3.74. The highest BCUT2D eigenvalue weighted by molar-refractivity contribution is 5.94. The monoisotopic (exact) mass is 309 g/mol. The van der Waals surface area contributed by atoms with Crippen molar-refractivity contribution < 1.29 is 9.53 Å². The number of allylic oxidation sites excluding steroid dienone is 1. The van der Waals surface area contributed by atoms with Gasteiger partial charge in [0.2, 0.25) is 0 Å². The number of benzene rings is 1. The zero-order valence-electron chi connectivity index (χ0n) is 13.1. The van der Waals surface area contributed by atoms with Crippen LogP contribution in [-0.4, -0.2) is 30.1 Å². The smallest absolute Gasteiger partial charge is 0.132 e. The molecule has 0 fully saturated rings. The number of aromatic nitrogens is 1. The van der Waals surface area contributed by atoms with E-state index in [1.54, 1.807) is 13.0 Å². The minimum atomic E-state index is 0.171. The summed E-state index contributed by atoms with van der Waals surface area (Å²) in [6, 6.07) is 7.78. The van der Waals surface area contributed by atoms with E-state index in [2.05, 4.69) is 9.98 Å². The Labute approximate surface area is 134 Å². The first-order chi connectivity index (χ1) is 11.1. The number of hydrogen-bond donors (Lipinski definition) is 1. The Kier molecular flexibility index (Phi) is 4.37. The first kappa shape index (κ1) is 15.2. The van der Waals surface area contributed by atoms with Gasteiger partial charge in [-0.3, -0.25) is 4.99 Å². The van der Waals surface area contributed by atoms with Gasteiger partial charge in [0.15, 0.2) is 0 Å². The van der Waals surface area contributed by atoms with E-state index < -0.39 is 0 Å². The summed E-state index contributed by atoms with van der Waals surface area (Å²) in [4.78, 5) is 19.6. The van der Waals surface area contributed by atoms with E-state index in [1.807, 2.05) is 30.5 Å². The molecule has 0 saturated carbocycles. The Morgan fingerprint density at radius 2 is 2.22 bits per heavy atom. The number of Topliss-reactive ketones (excluding diaryl/α,β-unsaturated/α-hetero) is 1. The SMILES string of the molecule is CC(=O)CCCOc1cc(N)nc2cc(C3=CC=NC3)ccc12. The number of pyridine rings is 1. The number of hydrogen-bond acceptors (Lipinski definition) is 5. The van der Waals surface area contributed by atoms with E-state index in [-0.39, 0.29) is 5.78 Å². The number of ether oxygens (including phenoxy) is 1. The van der Waals surface area contributed by atoms with Crippen molar-refractivity contribution in [1.29, 1.82) is 0 Å². The Hall–Kier alpha value is -2.69. The van der Waals surface area contributed by atoms with E-state index in [0.29, 0.717) is 37.6 Å². The number of anilines is 1. The molecule has 0 aliphatic carbocycles. The van der Waals surface area contributed by atoms with Gasteiger partial charge in [0.1, 0.15) is 17.4 Å². The van der Waals surface area contributed by atoms with Crippen LogP contribution in [0, 0.1) is 0 Å². The maximum absolute atomic E-state index is 11.0. The Morgan fingerprint density at radius 3 is 2.96 bits per heavy atom. The molecule has 0 saturated heterocycles. The lowest BCUT2D eigenvalue weighted by Crippen LogP contribution is -2.02. The number of carbonyl (C=O) groups excluding carboxylic acids is 1. The molecule has 0 amide bonds. The van der Waals surface area contributed by atoms with Gasteiger partial charge in [0, 0.05) is 24.1 Å². The lowest BCUT2D eigenvalue weighted by atomic mass is 10.0. The fourth-order valence-electron chi connectivity index (χ4n) is 2.57. The van der Waals surface area contributed by atoms with Crippen LogP contribution in [-0.2, 0) is 4.79 Å². The maximum Gasteiger partial charge on any atom is 0.132 e. The average Bonchev–Trinajstić information content (AvgIpc) is 3.04. The molecular weight excluding hydrogens is 290 g/mol. The number of rotatable bonds is 6. The number of nitrogens with zero attached hydrogens (tertiary/aromatic N) is 2. The predicted molar refractivity (Wildman–Crippen MR) is 92.9 cm³/mol. The highest BCUT2D eigenvalue weighted by Crippen LogP contribution is 2.29. The van der Waals surface area contributed by atoms with Crippen molar-refractivity contribution in [3.8, 4) is 5.75 Å². The molecule has 5 nitrogen and oxygen atoms in total. The van der Waals surface area contributed by atoms with Gasteiger partial charge in [-0.15, -0.1) is 0 Å². The van der Waals surface area contributed by atoms with Crippen molar-refractivity contribution in [1.82, 2.24) is 4.98 Å². The fraction of sp³-hybridized carbons (Fsp3) is 0.278. The maximum atomic E-state index is 11.0. The quantitative estimate of drug-likeness (QED) is 0.832. The van der Waals surface area contributed by atoms with Crippen LogP contribution in [0.5, 0.6) is 5.75 Å². The first-order valence-corrected chi connectivity index (χ1v) is 7.65. The topological polar surface area (TPSA) is 77.6 Å². The summed E-state index contributed by atoms with van der Waals surface area (Å²) in [7, 11) is 0. The van der Waals surface area contributed by atoms with E-state index in [0.717, 1.165) is 16.5 Å². The number of carbonyl (C=O) groups is 1. The van der Waals surface area contributed by atoms with Gasteiger partial charge in [-0.2, -0.15) is 0 Å². The van der Waals surface area contributed by atoms with E-state index in [4.69, 9.17) is 10.5 Å². The second-order valence-electron chi connectivity index (χ2n) is 5.61. The molecule has 0 atom stereocenters. The van der Waals surface area contributed by atoms with Gasteiger partial charge in [-0.05, 0) is 42.7 Å². The number of nitrogens with two attached hydrogens (primary N) is 1. The van der Waals surface area contributed by atoms with Gasteiger partial charge in [0.05, 0.1) is 18.7 Å². The standard InChI is InChI=1S/C18H19N3O2/c1-12(22)3-2-8-23-17-10-18(19)21-16-9-13(4-5-15(16)17)14-6-7-20-11-14/h4-7,9-10H,2-3,8,11H2,1H3,(H2,19,21). The summed E-state index contributed by atoms with van der Waals surface area (Å²) in [6.45, 7) is 2.77. The van der Waals surface area contributed by atoms with Gasteiger partial charge >= 0.3 is 0 Å². The van der Waals surface area contributed by atoms with Crippen LogP contribution in [0.3, 0.4) is 0 Å². The average molecular weight is 309 g/mol.